The molecule has 0 atom stereocenters. The predicted octanol–water partition coefficient (Wildman–Crippen LogP) is 1.20. The summed E-state index contributed by atoms with van der Waals surface area (Å²) in [4.78, 5) is 0. The van der Waals surface area contributed by atoms with Crippen LogP contribution in [0.25, 0.3) is 0 Å². The molecule has 1 aromatic rings. The summed E-state index contributed by atoms with van der Waals surface area (Å²) in [5, 5.41) is 17.0. The van der Waals surface area contributed by atoms with Crippen molar-refractivity contribution >= 4 is 0 Å². The van der Waals surface area contributed by atoms with Gasteiger partial charge in [-0.25, -0.2) is 0 Å². The number of aryl methyl sites for hydroxylation is 1. The number of aliphatic hydroxyl groups excluding tert-OH is 1. The van der Waals surface area contributed by atoms with E-state index in [9.17, 15) is 0 Å². The second kappa shape index (κ2) is 3.74. The number of hydrogen-bond acceptors (Lipinski definition) is 3. The first-order chi connectivity index (χ1) is 5.77. The van der Waals surface area contributed by atoms with E-state index < -0.39 is 0 Å². The standard InChI is InChI=1S/C9H9NO2/c1-7-4-9(12-6-11)3-2-8(7)5-10/h2-4,11H,6H2,1H3. The molecule has 0 spiro atoms. The molecule has 0 saturated carbocycles. The van der Waals surface area contributed by atoms with Gasteiger partial charge in [0.05, 0.1) is 11.6 Å². The lowest BCUT2D eigenvalue weighted by atomic mass is 10.1. The molecule has 0 aliphatic rings. The number of benzene rings is 1. The van der Waals surface area contributed by atoms with E-state index in [1.807, 2.05) is 13.0 Å². The summed E-state index contributed by atoms with van der Waals surface area (Å²) in [7, 11) is 0. The minimum absolute atomic E-state index is 0.342. The Hall–Kier alpha value is -1.53. The molecule has 0 amide bonds. The van der Waals surface area contributed by atoms with E-state index in [1.165, 1.54) is 0 Å². The zero-order valence-electron chi connectivity index (χ0n) is 6.74. The predicted molar refractivity (Wildman–Crippen MR) is 43.6 cm³/mol. The smallest absolute Gasteiger partial charge is 0.186 e. The highest BCUT2D eigenvalue weighted by Crippen LogP contribution is 2.15. The van der Waals surface area contributed by atoms with Gasteiger partial charge in [-0.15, -0.1) is 0 Å². The van der Waals surface area contributed by atoms with Crippen molar-refractivity contribution in [3.05, 3.63) is 29.3 Å². The number of aliphatic hydroxyl groups is 1. The van der Waals surface area contributed by atoms with Gasteiger partial charge in [-0.1, -0.05) is 0 Å². The topological polar surface area (TPSA) is 53.2 Å². The fourth-order valence-corrected chi connectivity index (χ4v) is 0.926. The van der Waals surface area contributed by atoms with Gasteiger partial charge in [-0.2, -0.15) is 5.26 Å². The van der Waals surface area contributed by atoms with Crippen LogP contribution in [0.1, 0.15) is 11.1 Å². The van der Waals surface area contributed by atoms with Gasteiger partial charge in [-0.05, 0) is 30.7 Å². The fourth-order valence-electron chi connectivity index (χ4n) is 0.926. The molecule has 0 unspecified atom stereocenters. The zero-order valence-corrected chi connectivity index (χ0v) is 6.74. The largest absolute Gasteiger partial charge is 0.468 e. The SMILES string of the molecule is Cc1cc(OCO)ccc1C#N. The first-order valence-corrected chi connectivity index (χ1v) is 3.52. The molecule has 0 heterocycles. The fraction of sp³-hybridized carbons (Fsp3) is 0.222. The van der Waals surface area contributed by atoms with Crippen molar-refractivity contribution in [1.82, 2.24) is 0 Å². The van der Waals surface area contributed by atoms with Crippen LogP contribution < -0.4 is 4.74 Å². The molecule has 0 fully saturated rings. The maximum Gasteiger partial charge on any atom is 0.186 e. The summed E-state index contributed by atoms with van der Waals surface area (Å²) in [6.07, 6.45) is 0. The first kappa shape index (κ1) is 8.57. The summed E-state index contributed by atoms with van der Waals surface area (Å²) in [5.74, 6) is 0.578. The monoisotopic (exact) mass is 163 g/mol. The van der Waals surface area contributed by atoms with Crippen LogP contribution in [0.5, 0.6) is 5.75 Å². The summed E-state index contributed by atoms with van der Waals surface area (Å²) in [6, 6.07) is 7.09. The van der Waals surface area contributed by atoms with Crippen LogP contribution in [0.2, 0.25) is 0 Å². The molecule has 62 valence electrons. The molecular weight excluding hydrogens is 154 g/mol. The minimum atomic E-state index is -0.342. The third-order valence-electron chi connectivity index (χ3n) is 1.55. The van der Waals surface area contributed by atoms with Crippen molar-refractivity contribution in [3.63, 3.8) is 0 Å². The quantitative estimate of drug-likeness (QED) is 0.666. The minimum Gasteiger partial charge on any atom is -0.468 e. The number of ether oxygens (including phenoxy) is 1. The molecular formula is C9H9NO2. The molecule has 1 rings (SSSR count). The number of rotatable bonds is 2. The van der Waals surface area contributed by atoms with Crippen molar-refractivity contribution in [2.75, 3.05) is 6.79 Å². The molecule has 3 heteroatoms. The van der Waals surface area contributed by atoms with E-state index in [1.54, 1.807) is 18.2 Å². The molecule has 0 aliphatic heterocycles. The van der Waals surface area contributed by atoms with E-state index in [2.05, 4.69) is 0 Å². The normalized spacial score (nSPS) is 9.08. The average Bonchev–Trinajstić information content (AvgIpc) is 2.05. The highest BCUT2D eigenvalue weighted by atomic mass is 16.6. The highest BCUT2D eigenvalue weighted by Gasteiger charge is 1.98. The molecule has 0 bridgehead atoms. The van der Waals surface area contributed by atoms with Crippen LogP contribution in [-0.4, -0.2) is 11.9 Å². The van der Waals surface area contributed by atoms with E-state index in [0.29, 0.717) is 11.3 Å². The van der Waals surface area contributed by atoms with Gasteiger partial charge in [-0.3, -0.25) is 0 Å². The van der Waals surface area contributed by atoms with Gasteiger partial charge in [0.15, 0.2) is 6.79 Å². The van der Waals surface area contributed by atoms with Crippen molar-refractivity contribution in [3.8, 4) is 11.8 Å². The van der Waals surface area contributed by atoms with Crippen LogP contribution in [-0.2, 0) is 0 Å². The van der Waals surface area contributed by atoms with Gasteiger partial charge in [0.25, 0.3) is 0 Å². The number of nitrogens with zero attached hydrogens (tertiary/aromatic N) is 1. The Bertz CT molecular complexity index is 315. The Morgan fingerprint density at radius 1 is 1.58 bits per heavy atom. The maximum atomic E-state index is 8.60. The second-order valence-corrected chi connectivity index (χ2v) is 2.36. The van der Waals surface area contributed by atoms with Gasteiger partial charge in [0.1, 0.15) is 5.75 Å². The molecule has 1 aromatic carbocycles. The van der Waals surface area contributed by atoms with E-state index in [-0.39, 0.29) is 6.79 Å². The van der Waals surface area contributed by atoms with Crippen LogP contribution >= 0.6 is 0 Å². The van der Waals surface area contributed by atoms with E-state index in [4.69, 9.17) is 15.1 Å². The van der Waals surface area contributed by atoms with Crippen molar-refractivity contribution < 1.29 is 9.84 Å². The Balaban J connectivity index is 2.96. The lowest BCUT2D eigenvalue weighted by Gasteiger charge is -2.03. The zero-order chi connectivity index (χ0) is 8.97. The highest BCUT2D eigenvalue weighted by molar-refractivity contribution is 5.41. The number of nitriles is 1. The first-order valence-electron chi connectivity index (χ1n) is 3.52. The lowest BCUT2D eigenvalue weighted by molar-refractivity contribution is 0.0985. The van der Waals surface area contributed by atoms with Crippen LogP contribution in [0.3, 0.4) is 0 Å². The van der Waals surface area contributed by atoms with Crippen molar-refractivity contribution in [2.24, 2.45) is 0 Å². The Labute approximate surface area is 70.8 Å². The maximum absolute atomic E-state index is 8.60. The lowest BCUT2D eigenvalue weighted by Crippen LogP contribution is -1.95. The summed E-state index contributed by atoms with van der Waals surface area (Å²) in [5.41, 5.74) is 1.48. The molecule has 12 heavy (non-hydrogen) atoms. The number of hydrogen-bond donors (Lipinski definition) is 1. The van der Waals surface area contributed by atoms with Crippen LogP contribution in [0.4, 0.5) is 0 Å². The van der Waals surface area contributed by atoms with Crippen molar-refractivity contribution in [2.45, 2.75) is 6.92 Å². The van der Waals surface area contributed by atoms with Crippen LogP contribution in [0.15, 0.2) is 18.2 Å². The Morgan fingerprint density at radius 2 is 2.33 bits per heavy atom. The van der Waals surface area contributed by atoms with Gasteiger partial charge < -0.3 is 9.84 Å². The summed E-state index contributed by atoms with van der Waals surface area (Å²) < 4.78 is 4.83. The summed E-state index contributed by atoms with van der Waals surface area (Å²) in [6.45, 7) is 1.48. The Morgan fingerprint density at radius 3 is 2.83 bits per heavy atom. The molecule has 0 radical (unpaired) electrons. The third kappa shape index (κ3) is 1.74. The third-order valence-corrected chi connectivity index (χ3v) is 1.55. The van der Waals surface area contributed by atoms with Gasteiger partial charge in [0.2, 0.25) is 0 Å². The van der Waals surface area contributed by atoms with Crippen LogP contribution in [0, 0.1) is 18.3 Å². The van der Waals surface area contributed by atoms with E-state index >= 15 is 0 Å². The van der Waals surface area contributed by atoms with E-state index in [0.717, 1.165) is 5.56 Å². The van der Waals surface area contributed by atoms with Gasteiger partial charge in [0, 0.05) is 0 Å². The second-order valence-electron chi connectivity index (χ2n) is 2.36. The molecule has 0 aliphatic carbocycles. The average molecular weight is 163 g/mol. The van der Waals surface area contributed by atoms with Gasteiger partial charge >= 0.3 is 0 Å². The summed E-state index contributed by atoms with van der Waals surface area (Å²) >= 11 is 0. The molecule has 1 N–H and O–H groups in total. The molecule has 0 saturated heterocycles. The Kier molecular flexibility index (Phi) is 2.67. The molecule has 0 aromatic heterocycles. The van der Waals surface area contributed by atoms with Crippen molar-refractivity contribution in [1.29, 1.82) is 5.26 Å². The molecule has 3 nitrogen and oxygen atoms in total.